The van der Waals surface area contributed by atoms with Crippen molar-refractivity contribution in [1.29, 1.82) is 0 Å². The van der Waals surface area contributed by atoms with Crippen LogP contribution in [0.15, 0.2) is 30.3 Å². The minimum absolute atomic E-state index is 0.00343. The van der Waals surface area contributed by atoms with Crippen molar-refractivity contribution in [2.75, 3.05) is 30.4 Å². The lowest BCUT2D eigenvalue weighted by Crippen LogP contribution is -2.47. The Bertz CT molecular complexity index is 756. The number of carbonyl (C=O) groups is 1. The molecular formula is C21H30N4OS. The van der Waals surface area contributed by atoms with Crippen LogP contribution in [0.5, 0.6) is 0 Å². The van der Waals surface area contributed by atoms with Crippen molar-refractivity contribution in [2.24, 2.45) is 0 Å². The standard InChI is InChI=1S/C21H30N4OS/c1-16-15-17(2)25(23-16)19-10-8-18(9-11-19)22-21(26)20-7-4-5-12-24(20)13-6-14-27-3/h8-11,15,20H,4-7,12-14H2,1-3H3,(H,22,26). The fraction of sp³-hybridized carbons (Fsp3) is 0.524. The Labute approximate surface area is 166 Å². The molecule has 1 N–H and O–H groups in total. The molecule has 1 aliphatic rings. The normalized spacial score (nSPS) is 17.8. The van der Waals surface area contributed by atoms with E-state index in [1.807, 2.05) is 54.6 Å². The third kappa shape index (κ3) is 5.14. The van der Waals surface area contributed by atoms with Crippen molar-refractivity contribution in [1.82, 2.24) is 14.7 Å². The monoisotopic (exact) mass is 386 g/mol. The third-order valence-corrected chi connectivity index (χ3v) is 5.80. The Kier molecular flexibility index (Phi) is 6.96. The van der Waals surface area contributed by atoms with Gasteiger partial charge in [0.05, 0.1) is 17.4 Å². The van der Waals surface area contributed by atoms with Crippen molar-refractivity contribution >= 4 is 23.4 Å². The molecule has 0 spiro atoms. The average molecular weight is 387 g/mol. The zero-order valence-corrected chi connectivity index (χ0v) is 17.4. The van der Waals surface area contributed by atoms with E-state index in [1.165, 1.54) is 6.42 Å². The number of rotatable bonds is 7. The molecule has 0 radical (unpaired) electrons. The number of piperidine rings is 1. The number of aromatic nitrogens is 2. The van der Waals surface area contributed by atoms with Crippen LogP contribution in [0, 0.1) is 13.8 Å². The van der Waals surface area contributed by atoms with Crippen LogP contribution in [0.3, 0.4) is 0 Å². The smallest absolute Gasteiger partial charge is 0.241 e. The molecule has 1 fully saturated rings. The first kappa shape index (κ1) is 20.0. The van der Waals surface area contributed by atoms with Crippen LogP contribution in [0.4, 0.5) is 5.69 Å². The van der Waals surface area contributed by atoms with Crippen molar-refractivity contribution < 1.29 is 4.79 Å². The Hall–Kier alpha value is -1.79. The Morgan fingerprint density at radius 3 is 2.70 bits per heavy atom. The van der Waals surface area contributed by atoms with Gasteiger partial charge in [-0.1, -0.05) is 6.42 Å². The van der Waals surface area contributed by atoms with Gasteiger partial charge in [0.1, 0.15) is 0 Å². The van der Waals surface area contributed by atoms with Crippen LogP contribution in [0.25, 0.3) is 5.69 Å². The first-order chi connectivity index (χ1) is 13.1. The first-order valence-electron chi connectivity index (χ1n) is 9.76. The molecule has 2 aromatic rings. The highest BCUT2D eigenvalue weighted by atomic mass is 32.2. The summed E-state index contributed by atoms with van der Waals surface area (Å²) in [6, 6.07) is 9.99. The van der Waals surface area contributed by atoms with E-state index >= 15 is 0 Å². The van der Waals surface area contributed by atoms with Gasteiger partial charge < -0.3 is 5.32 Å². The number of benzene rings is 1. The predicted octanol–water partition coefficient (Wildman–Crippen LogP) is 4.04. The van der Waals surface area contributed by atoms with Crippen molar-refractivity contribution in [3.05, 3.63) is 41.7 Å². The van der Waals surface area contributed by atoms with Crippen LogP contribution in [-0.2, 0) is 4.79 Å². The van der Waals surface area contributed by atoms with Crippen LogP contribution in [-0.4, -0.2) is 51.7 Å². The summed E-state index contributed by atoms with van der Waals surface area (Å²) in [5, 5.41) is 7.63. The van der Waals surface area contributed by atoms with E-state index < -0.39 is 0 Å². The number of aryl methyl sites for hydroxylation is 2. The highest BCUT2D eigenvalue weighted by Gasteiger charge is 2.28. The molecule has 0 bridgehead atoms. The maximum absolute atomic E-state index is 12.8. The van der Waals surface area contributed by atoms with Gasteiger partial charge in [-0.3, -0.25) is 9.69 Å². The highest BCUT2D eigenvalue weighted by Crippen LogP contribution is 2.21. The van der Waals surface area contributed by atoms with Gasteiger partial charge >= 0.3 is 0 Å². The van der Waals surface area contributed by atoms with Gasteiger partial charge in [-0.2, -0.15) is 16.9 Å². The summed E-state index contributed by atoms with van der Waals surface area (Å²) < 4.78 is 1.93. The number of thioether (sulfide) groups is 1. The fourth-order valence-corrected chi connectivity index (χ4v) is 4.19. The Morgan fingerprint density at radius 2 is 2.04 bits per heavy atom. The van der Waals surface area contributed by atoms with Crippen LogP contribution < -0.4 is 5.32 Å². The van der Waals surface area contributed by atoms with Gasteiger partial charge in [-0.15, -0.1) is 0 Å². The number of nitrogens with zero attached hydrogens (tertiary/aromatic N) is 3. The fourth-order valence-electron chi connectivity index (χ4n) is 3.77. The number of carbonyl (C=O) groups excluding carboxylic acids is 1. The lowest BCUT2D eigenvalue weighted by atomic mass is 10.0. The zero-order chi connectivity index (χ0) is 19.2. The molecule has 3 rings (SSSR count). The van der Waals surface area contributed by atoms with Gasteiger partial charge in [0.25, 0.3) is 0 Å². The summed E-state index contributed by atoms with van der Waals surface area (Å²) in [4.78, 5) is 15.2. The summed E-state index contributed by atoms with van der Waals surface area (Å²) >= 11 is 1.87. The third-order valence-electron chi connectivity index (χ3n) is 5.10. The molecule has 1 unspecified atom stereocenters. The molecule has 27 heavy (non-hydrogen) atoms. The molecule has 1 aliphatic heterocycles. The number of hydrogen-bond donors (Lipinski definition) is 1. The number of nitrogens with one attached hydrogen (secondary N) is 1. The van der Waals surface area contributed by atoms with Crippen LogP contribution in [0.2, 0.25) is 0 Å². The van der Waals surface area contributed by atoms with E-state index in [2.05, 4.69) is 27.6 Å². The van der Waals surface area contributed by atoms with Gasteiger partial charge in [-0.05, 0) is 88.5 Å². The predicted molar refractivity (Wildman–Crippen MR) is 114 cm³/mol. The van der Waals surface area contributed by atoms with Gasteiger partial charge in [-0.25, -0.2) is 4.68 Å². The Balaban J connectivity index is 1.63. The molecule has 6 heteroatoms. The lowest BCUT2D eigenvalue weighted by molar-refractivity contribution is -0.122. The molecule has 1 aromatic carbocycles. The van der Waals surface area contributed by atoms with Crippen molar-refractivity contribution in [3.8, 4) is 5.69 Å². The summed E-state index contributed by atoms with van der Waals surface area (Å²) in [6.45, 7) is 6.08. The van der Waals surface area contributed by atoms with E-state index in [-0.39, 0.29) is 11.9 Å². The first-order valence-corrected chi connectivity index (χ1v) is 11.2. The van der Waals surface area contributed by atoms with E-state index in [0.29, 0.717) is 0 Å². The molecule has 2 heterocycles. The largest absolute Gasteiger partial charge is 0.325 e. The maximum atomic E-state index is 12.8. The minimum Gasteiger partial charge on any atom is -0.325 e. The summed E-state index contributed by atoms with van der Waals surface area (Å²) in [5.74, 6) is 1.27. The quantitative estimate of drug-likeness (QED) is 0.730. The van der Waals surface area contributed by atoms with Crippen molar-refractivity contribution in [3.63, 3.8) is 0 Å². The van der Waals surface area contributed by atoms with Crippen LogP contribution in [0.1, 0.15) is 37.1 Å². The van der Waals surface area contributed by atoms with Crippen molar-refractivity contribution in [2.45, 2.75) is 45.6 Å². The number of amides is 1. The topological polar surface area (TPSA) is 50.2 Å². The zero-order valence-electron chi connectivity index (χ0n) is 16.6. The minimum atomic E-state index is -0.00343. The SMILES string of the molecule is CSCCCN1CCCCC1C(=O)Nc1ccc(-n2nc(C)cc2C)cc1. The molecule has 0 saturated carbocycles. The summed E-state index contributed by atoms with van der Waals surface area (Å²) in [6.07, 6.45) is 6.56. The molecule has 1 atom stereocenters. The molecule has 1 saturated heterocycles. The molecule has 0 aliphatic carbocycles. The lowest BCUT2D eigenvalue weighted by Gasteiger charge is -2.34. The highest BCUT2D eigenvalue weighted by molar-refractivity contribution is 7.98. The summed E-state index contributed by atoms with van der Waals surface area (Å²) in [7, 11) is 0. The maximum Gasteiger partial charge on any atom is 0.241 e. The Morgan fingerprint density at radius 1 is 1.26 bits per heavy atom. The average Bonchev–Trinajstić information content (AvgIpc) is 3.01. The van der Waals surface area contributed by atoms with Gasteiger partial charge in [0.2, 0.25) is 5.91 Å². The van der Waals surface area contributed by atoms with Gasteiger partial charge in [0.15, 0.2) is 0 Å². The molecule has 1 amide bonds. The second kappa shape index (κ2) is 9.42. The second-order valence-electron chi connectivity index (χ2n) is 7.27. The second-order valence-corrected chi connectivity index (χ2v) is 8.25. The molecular weight excluding hydrogens is 356 g/mol. The van der Waals surface area contributed by atoms with Gasteiger partial charge in [0, 0.05) is 11.4 Å². The molecule has 146 valence electrons. The van der Waals surface area contributed by atoms with E-state index in [9.17, 15) is 4.79 Å². The number of anilines is 1. The molecule has 5 nitrogen and oxygen atoms in total. The van der Waals surface area contributed by atoms with Crippen LogP contribution >= 0.6 is 11.8 Å². The van der Waals surface area contributed by atoms with E-state index in [4.69, 9.17) is 0 Å². The van der Waals surface area contributed by atoms with E-state index in [0.717, 1.165) is 60.9 Å². The molecule has 1 aromatic heterocycles. The number of hydrogen-bond acceptors (Lipinski definition) is 4. The number of likely N-dealkylation sites (tertiary alicyclic amines) is 1. The summed E-state index contributed by atoms with van der Waals surface area (Å²) in [5.41, 5.74) is 3.96. The van der Waals surface area contributed by atoms with E-state index in [1.54, 1.807) is 0 Å².